The summed E-state index contributed by atoms with van der Waals surface area (Å²) in [6.45, 7) is 4.17. The molecule has 0 amide bonds. The van der Waals surface area contributed by atoms with Crippen LogP contribution in [-0.4, -0.2) is 22.8 Å². The van der Waals surface area contributed by atoms with E-state index in [1.54, 1.807) is 25.3 Å². The molecule has 0 saturated carbocycles. The van der Waals surface area contributed by atoms with Crippen molar-refractivity contribution in [1.82, 2.24) is 4.98 Å². The van der Waals surface area contributed by atoms with Crippen LogP contribution in [0.3, 0.4) is 0 Å². The van der Waals surface area contributed by atoms with Gasteiger partial charge < -0.3 is 10.5 Å². The van der Waals surface area contributed by atoms with Gasteiger partial charge in [-0.1, -0.05) is 6.92 Å². The molecular weight excluding hydrogens is 224 g/mol. The number of ether oxygens (including phenoxy) is 1. The molecule has 88 valence electrons. The molecule has 5 heteroatoms. The lowest BCUT2D eigenvalue weighted by Crippen LogP contribution is -2.11. The van der Waals surface area contributed by atoms with Crippen LogP contribution in [0.1, 0.15) is 20.3 Å². The number of hydrogen-bond donors (Lipinski definition) is 1. The number of carbonyl (C=O) groups is 1. The van der Waals surface area contributed by atoms with Crippen molar-refractivity contribution in [2.75, 3.05) is 12.3 Å². The van der Waals surface area contributed by atoms with Gasteiger partial charge in [0.2, 0.25) is 0 Å². The normalized spacial score (nSPS) is 12.1. The van der Waals surface area contributed by atoms with E-state index in [4.69, 9.17) is 10.5 Å². The SMILES string of the molecule is CCOC(=O)CC(C)Sc1ncccc1N. The average molecular weight is 240 g/mol. The highest BCUT2D eigenvalue weighted by atomic mass is 32.2. The first kappa shape index (κ1) is 12.8. The molecule has 1 aromatic rings. The van der Waals surface area contributed by atoms with Crippen molar-refractivity contribution in [3.63, 3.8) is 0 Å². The Labute approximate surface area is 99.6 Å². The van der Waals surface area contributed by atoms with Gasteiger partial charge in [0.25, 0.3) is 0 Å². The van der Waals surface area contributed by atoms with Gasteiger partial charge in [-0.3, -0.25) is 4.79 Å². The molecule has 0 aliphatic carbocycles. The molecule has 0 saturated heterocycles. The predicted molar refractivity (Wildman–Crippen MR) is 65.2 cm³/mol. The van der Waals surface area contributed by atoms with Crippen molar-refractivity contribution in [2.45, 2.75) is 30.5 Å². The Morgan fingerprint density at radius 1 is 1.69 bits per heavy atom. The number of hydrogen-bond acceptors (Lipinski definition) is 5. The molecule has 1 unspecified atom stereocenters. The highest BCUT2D eigenvalue weighted by Gasteiger charge is 2.13. The number of esters is 1. The van der Waals surface area contributed by atoms with Gasteiger partial charge in [-0.05, 0) is 19.1 Å². The van der Waals surface area contributed by atoms with Crippen LogP contribution in [0.4, 0.5) is 5.69 Å². The Morgan fingerprint density at radius 2 is 2.44 bits per heavy atom. The monoisotopic (exact) mass is 240 g/mol. The molecule has 0 aliphatic heterocycles. The van der Waals surface area contributed by atoms with E-state index in [2.05, 4.69) is 4.98 Å². The first-order chi connectivity index (χ1) is 7.63. The van der Waals surface area contributed by atoms with E-state index in [1.807, 2.05) is 6.92 Å². The van der Waals surface area contributed by atoms with Crippen molar-refractivity contribution in [3.05, 3.63) is 18.3 Å². The summed E-state index contributed by atoms with van der Waals surface area (Å²) in [5.41, 5.74) is 6.40. The maximum Gasteiger partial charge on any atom is 0.306 e. The number of nitrogen functional groups attached to an aromatic ring is 1. The molecule has 0 aliphatic rings. The first-order valence-corrected chi connectivity index (χ1v) is 6.04. The molecule has 0 aromatic carbocycles. The molecule has 1 rings (SSSR count). The fourth-order valence-electron chi connectivity index (χ4n) is 1.19. The number of nitrogens with zero attached hydrogens (tertiary/aromatic N) is 1. The Bertz CT molecular complexity index is 358. The fraction of sp³-hybridized carbons (Fsp3) is 0.455. The van der Waals surface area contributed by atoms with Crippen molar-refractivity contribution in [2.24, 2.45) is 0 Å². The molecule has 16 heavy (non-hydrogen) atoms. The third kappa shape index (κ3) is 4.10. The van der Waals surface area contributed by atoms with Crippen LogP contribution in [-0.2, 0) is 9.53 Å². The number of pyridine rings is 1. The maximum atomic E-state index is 11.2. The zero-order valence-electron chi connectivity index (χ0n) is 9.47. The Kier molecular flexibility index (Phi) is 5.11. The summed E-state index contributed by atoms with van der Waals surface area (Å²) >= 11 is 1.49. The van der Waals surface area contributed by atoms with Crippen LogP contribution in [0.5, 0.6) is 0 Å². The summed E-state index contributed by atoms with van der Waals surface area (Å²) in [4.78, 5) is 15.4. The van der Waals surface area contributed by atoms with E-state index in [9.17, 15) is 4.79 Å². The van der Waals surface area contributed by atoms with Crippen molar-refractivity contribution >= 4 is 23.4 Å². The van der Waals surface area contributed by atoms with Gasteiger partial charge in [-0.15, -0.1) is 11.8 Å². The minimum Gasteiger partial charge on any atom is -0.466 e. The second-order valence-electron chi connectivity index (χ2n) is 3.34. The van der Waals surface area contributed by atoms with E-state index in [-0.39, 0.29) is 11.2 Å². The molecule has 1 heterocycles. The second-order valence-corrected chi connectivity index (χ2v) is 4.76. The van der Waals surface area contributed by atoms with Crippen LogP contribution in [0.25, 0.3) is 0 Å². The fourth-order valence-corrected chi connectivity index (χ4v) is 2.11. The van der Waals surface area contributed by atoms with E-state index < -0.39 is 0 Å². The zero-order chi connectivity index (χ0) is 12.0. The Hall–Kier alpha value is -1.23. The van der Waals surface area contributed by atoms with Gasteiger partial charge in [-0.25, -0.2) is 4.98 Å². The molecular formula is C11H16N2O2S. The van der Waals surface area contributed by atoms with Gasteiger partial charge in [0, 0.05) is 11.4 Å². The summed E-state index contributed by atoms with van der Waals surface area (Å²) < 4.78 is 4.88. The lowest BCUT2D eigenvalue weighted by molar-refractivity contribution is -0.142. The molecule has 4 nitrogen and oxygen atoms in total. The predicted octanol–water partition coefficient (Wildman–Crippen LogP) is 2.10. The molecule has 0 radical (unpaired) electrons. The maximum absolute atomic E-state index is 11.2. The first-order valence-electron chi connectivity index (χ1n) is 5.16. The number of rotatable bonds is 5. The summed E-state index contributed by atoms with van der Waals surface area (Å²) in [5, 5.41) is 0.871. The highest BCUT2D eigenvalue weighted by molar-refractivity contribution is 8.00. The van der Waals surface area contributed by atoms with Crippen molar-refractivity contribution in [1.29, 1.82) is 0 Å². The smallest absolute Gasteiger partial charge is 0.306 e. The molecule has 1 atom stereocenters. The van der Waals surface area contributed by atoms with Crippen LogP contribution in [0, 0.1) is 0 Å². The number of nitrogens with two attached hydrogens (primary N) is 1. The molecule has 0 fully saturated rings. The van der Waals surface area contributed by atoms with Gasteiger partial charge >= 0.3 is 5.97 Å². The standard InChI is InChI=1S/C11H16N2O2S/c1-3-15-10(14)7-8(2)16-11-9(12)5-4-6-13-11/h4-6,8H,3,7,12H2,1-2H3. The molecule has 2 N–H and O–H groups in total. The van der Waals surface area contributed by atoms with Gasteiger partial charge in [0.15, 0.2) is 0 Å². The summed E-state index contributed by atoms with van der Waals surface area (Å²) in [6, 6.07) is 3.59. The number of anilines is 1. The minimum absolute atomic E-state index is 0.108. The molecule has 0 bridgehead atoms. The van der Waals surface area contributed by atoms with Gasteiger partial charge in [0.1, 0.15) is 5.03 Å². The molecule has 1 aromatic heterocycles. The lowest BCUT2D eigenvalue weighted by atomic mass is 10.3. The van der Waals surface area contributed by atoms with Gasteiger partial charge in [0.05, 0.1) is 18.7 Å². The highest BCUT2D eigenvalue weighted by Crippen LogP contribution is 2.27. The van der Waals surface area contributed by atoms with Crippen LogP contribution in [0.15, 0.2) is 23.4 Å². The molecule has 0 spiro atoms. The largest absolute Gasteiger partial charge is 0.466 e. The lowest BCUT2D eigenvalue weighted by Gasteiger charge is -2.10. The number of aromatic nitrogens is 1. The van der Waals surface area contributed by atoms with Crippen LogP contribution < -0.4 is 5.73 Å². The van der Waals surface area contributed by atoms with Gasteiger partial charge in [-0.2, -0.15) is 0 Å². The van der Waals surface area contributed by atoms with E-state index >= 15 is 0 Å². The van der Waals surface area contributed by atoms with Crippen LogP contribution in [0.2, 0.25) is 0 Å². The topological polar surface area (TPSA) is 65.2 Å². The second kappa shape index (κ2) is 6.37. The van der Waals surface area contributed by atoms with E-state index in [0.717, 1.165) is 5.03 Å². The Morgan fingerprint density at radius 3 is 3.06 bits per heavy atom. The Balaban J connectivity index is 2.48. The summed E-state index contributed by atoms with van der Waals surface area (Å²) in [5.74, 6) is -0.183. The minimum atomic E-state index is -0.183. The number of carbonyl (C=O) groups excluding carboxylic acids is 1. The van der Waals surface area contributed by atoms with Crippen molar-refractivity contribution in [3.8, 4) is 0 Å². The average Bonchev–Trinajstić information content (AvgIpc) is 2.21. The third-order valence-electron chi connectivity index (χ3n) is 1.87. The summed E-state index contributed by atoms with van der Waals surface area (Å²) in [6.07, 6.45) is 2.06. The van der Waals surface area contributed by atoms with Crippen molar-refractivity contribution < 1.29 is 9.53 Å². The van der Waals surface area contributed by atoms with E-state index in [0.29, 0.717) is 18.7 Å². The quantitative estimate of drug-likeness (QED) is 0.630. The van der Waals surface area contributed by atoms with E-state index in [1.165, 1.54) is 11.8 Å². The number of thioether (sulfide) groups is 1. The zero-order valence-corrected chi connectivity index (χ0v) is 10.3. The van der Waals surface area contributed by atoms with Crippen LogP contribution >= 0.6 is 11.8 Å². The summed E-state index contributed by atoms with van der Waals surface area (Å²) in [7, 11) is 0. The third-order valence-corrected chi connectivity index (χ3v) is 3.01.